The molecule has 4 rings (SSSR count). The van der Waals surface area contributed by atoms with Crippen molar-refractivity contribution in [3.05, 3.63) is 68.1 Å². The number of nitrogens with one attached hydrogen (secondary N) is 1. The molecule has 0 bridgehead atoms. The highest BCUT2D eigenvalue weighted by Crippen LogP contribution is 2.29. The van der Waals surface area contributed by atoms with Crippen LogP contribution in [0.5, 0.6) is 0 Å². The number of aryl methyl sites for hydroxylation is 1. The van der Waals surface area contributed by atoms with Gasteiger partial charge in [-0.05, 0) is 37.1 Å². The van der Waals surface area contributed by atoms with Gasteiger partial charge in [-0.1, -0.05) is 22.9 Å². The molecule has 0 unspecified atom stereocenters. The van der Waals surface area contributed by atoms with Crippen molar-refractivity contribution in [2.75, 3.05) is 11.4 Å². The van der Waals surface area contributed by atoms with Crippen LogP contribution in [0.2, 0.25) is 5.02 Å². The summed E-state index contributed by atoms with van der Waals surface area (Å²) < 4.78 is 15.6. The second kappa shape index (κ2) is 6.77. The number of H-pyrrole nitrogens is 1. The van der Waals surface area contributed by atoms with Crippen LogP contribution in [0.25, 0.3) is 0 Å². The Morgan fingerprint density at radius 1 is 1.37 bits per heavy atom. The van der Waals surface area contributed by atoms with Gasteiger partial charge in [-0.25, -0.2) is 14.2 Å². The minimum atomic E-state index is -0.418. The van der Waals surface area contributed by atoms with E-state index in [1.54, 1.807) is 12.1 Å². The van der Waals surface area contributed by atoms with E-state index < -0.39 is 5.56 Å². The van der Waals surface area contributed by atoms with Crippen molar-refractivity contribution in [2.45, 2.75) is 32.9 Å². The summed E-state index contributed by atoms with van der Waals surface area (Å²) in [4.78, 5) is 13.7. The third-order valence-corrected chi connectivity index (χ3v) is 5.37. The predicted molar refractivity (Wildman–Crippen MR) is 99.6 cm³/mol. The zero-order valence-electron chi connectivity index (χ0n) is 14.9. The van der Waals surface area contributed by atoms with E-state index >= 15 is 0 Å². The average Bonchev–Trinajstić information content (AvgIpc) is 3.08. The first-order valence-electron chi connectivity index (χ1n) is 8.63. The van der Waals surface area contributed by atoms with E-state index in [0.717, 1.165) is 22.5 Å². The molecule has 0 amide bonds. The maximum Gasteiger partial charge on any atom is 0.285 e. The monoisotopic (exact) mass is 388 g/mol. The van der Waals surface area contributed by atoms with E-state index in [9.17, 15) is 9.18 Å². The maximum atomic E-state index is 13.7. The molecule has 1 N–H and O–H groups in total. The molecule has 3 aromatic rings. The van der Waals surface area contributed by atoms with Crippen molar-refractivity contribution in [3.63, 3.8) is 0 Å². The van der Waals surface area contributed by atoms with Crippen molar-refractivity contribution in [2.24, 2.45) is 0 Å². The van der Waals surface area contributed by atoms with Crippen LogP contribution >= 0.6 is 11.6 Å². The molecule has 1 aliphatic rings. The summed E-state index contributed by atoms with van der Waals surface area (Å²) in [6.45, 7) is 5.08. The fraction of sp³-hybridized carbons (Fsp3) is 0.333. The second-order valence-electron chi connectivity index (χ2n) is 6.67. The third kappa shape index (κ3) is 3.10. The maximum absolute atomic E-state index is 13.7. The number of anilines is 1. The zero-order valence-corrected chi connectivity index (χ0v) is 15.7. The van der Waals surface area contributed by atoms with Crippen LogP contribution in [0.1, 0.15) is 35.5 Å². The Labute approximate surface area is 159 Å². The molecule has 0 radical (unpaired) electrons. The largest absolute Gasteiger partial charge is 0.362 e. The highest BCUT2D eigenvalue weighted by Gasteiger charge is 2.27. The standard InChI is InChI=1S/C18H18ClFN6O/c1-10-3-4-12(20)7-13(10)11(2)26-15-5-6-25(9-14(15)22-24-26)16-8-21-23-18(27)17(16)19/h3-4,7-8,11H,5-6,9H2,1-2H3,(H,23,27)/t11-/m0/s1. The molecule has 0 saturated carbocycles. The molecule has 1 aliphatic heterocycles. The Balaban J connectivity index is 1.65. The number of rotatable bonds is 3. The number of aromatic amines is 1. The lowest BCUT2D eigenvalue weighted by molar-refractivity contribution is 0.511. The SMILES string of the molecule is Cc1ccc(F)cc1[C@H](C)n1nnc2c1CCN(c1cn[nH]c(=O)c1Cl)C2. The molecule has 3 heterocycles. The smallest absolute Gasteiger partial charge is 0.285 e. The van der Waals surface area contributed by atoms with Crippen molar-refractivity contribution in [1.29, 1.82) is 0 Å². The van der Waals surface area contributed by atoms with Gasteiger partial charge in [-0.2, -0.15) is 5.10 Å². The lowest BCUT2D eigenvalue weighted by Crippen LogP contribution is -2.33. The first-order valence-corrected chi connectivity index (χ1v) is 9.00. The Hall–Kier alpha value is -2.74. The van der Waals surface area contributed by atoms with Crippen LogP contribution in [0.15, 0.2) is 29.2 Å². The molecule has 2 aromatic heterocycles. The summed E-state index contributed by atoms with van der Waals surface area (Å²) >= 11 is 6.12. The number of nitrogens with zero attached hydrogens (tertiary/aromatic N) is 5. The van der Waals surface area contributed by atoms with E-state index in [-0.39, 0.29) is 16.9 Å². The summed E-state index contributed by atoms with van der Waals surface area (Å²) in [6, 6.07) is 4.65. The lowest BCUT2D eigenvalue weighted by Gasteiger charge is -2.29. The van der Waals surface area contributed by atoms with Gasteiger partial charge < -0.3 is 4.90 Å². The van der Waals surface area contributed by atoms with Gasteiger partial charge in [0.25, 0.3) is 5.56 Å². The van der Waals surface area contributed by atoms with Crippen molar-refractivity contribution in [3.8, 4) is 0 Å². The van der Waals surface area contributed by atoms with Crippen LogP contribution in [0.4, 0.5) is 10.1 Å². The Bertz CT molecular complexity index is 1060. The predicted octanol–water partition coefficient (Wildman–Crippen LogP) is 2.63. The van der Waals surface area contributed by atoms with Crippen LogP contribution in [0, 0.1) is 12.7 Å². The summed E-state index contributed by atoms with van der Waals surface area (Å²) in [5.74, 6) is -0.265. The summed E-state index contributed by atoms with van der Waals surface area (Å²) in [6.07, 6.45) is 2.22. The van der Waals surface area contributed by atoms with Crippen molar-refractivity contribution >= 4 is 17.3 Å². The number of hydrogen-bond acceptors (Lipinski definition) is 5. The zero-order chi connectivity index (χ0) is 19.1. The molecule has 140 valence electrons. The van der Waals surface area contributed by atoms with Gasteiger partial charge in [0.1, 0.15) is 16.5 Å². The summed E-state index contributed by atoms with van der Waals surface area (Å²) in [7, 11) is 0. The van der Waals surface area contributed by atoms with Gasteiger partial charge in [-0.3, -0.25) is 4.79 Å². The number of benzene rings is 1. The molecular formula is C18H18ClFN6O. The van der Waals surface area contributed by atoms with E-state index in [1.807, 2.05) is 23.4 Å². The third-order valence-electron chi connectivity index (χ3n) is 5.01. The van der Waals surface area contributed by atoms with Crippen LogP contribution in [-0.4, -0.2) is 31.7 Å². The fourth-order valence-electron chi connectivity index (χ4n) is 3.53. The number of hydrogen-bond donors (Lipinski definition) is 1. The summed E-state index contributed by atoms with van der Waals surface area (Å²) in [5.41, 5.74) is 3.88. The minimum Gasteiger partial charge on any atom is -0.362 e. The molecule has 1 aromatic carbocycles. The number of halogens is 2. The van der Waals surface area contributed by atoms with Gasteiger partial charge in [0.2, 0.25) is 0 Å². The number of fused-ring (bicyclic) bond motifs is 1. The minimum absolute atomic E-state index is 0.115. The van der Waals surface area contributed by atoms with E-state index in [1.165, 1.54) is 12.3 Å². The molecule has 1 atom stereocenters. The van der Waals surface area contributed by atoms with Gasteiger partial charge >= 0.3 is 0 Å². The van der Waals surface area contributed by atoms with Gasteiger partial charge in [0.05, 0.1) is 30.2 Å². The first kappa shape index (κ1) is 17.7. The lowest BCUT2D eigenvalue weighted by atomic mass is 10.0. The van der Waals surface area contributed by atoms with Crippen molar-refractivity contribution < 1.29 is 4.39 Å². The molecule has 27 heavy (non-hydrogen) atoms. The van der Waals surface area contributed by atoms with Crippen LogP contribution < -0.4 is 10.5 Å². The quantitative estimate of drug-likeness (QED) is 0.746. The molecular weight excluding hydrogens is 371 g/mol. The Morgan fingerprint density at radius 3 is 3.00 bits per heavy atom. The number of aromatic nitrogens is 5. The second-order valence-corrected chi connectivity index (χ2v) is 7.05. The normalized spacial score (nSPS) is 14.9. The summed E-state index contributed by atoms with van der Waals surface area (Å²) in [5, 5.41) is 14.9. The average molecular weight is 389 g/mol. The van der Waals surface area contributed by atoms with Crippen molar-refractivity contribution in [1.82, 2.24) is 25.2 Å². The molecule has 9 heteroatoms. The molecule has 0 aliphatic carbocycles. The van der Waals surface area contributed by atoms with E-state index in [0.29, 0.717) is 25.2 Å². The van der Waals surface area contributed by atoms with E-state index in [2.05, 4.69) is 20.5 Å². The Morgan fingerprint density at radius 2 is 2.19 bits per heavy atom. The van der Waals surface area contributed by atoms with E-state index in [4.69, 9.17) is 11.6 Å². The van der Waals surface area contributed by atoms with Gasteiger partial charge in [0, 0.05) is 13.0 Å². The fourth-order valence-corrected chi connectivity index (χ4v) is 3.74. The van der Waals surface area contributed by atoms with Gasteiger partial charge in [-0.15, -0.1) is 5.10 Å². The highest BCUT2D eigenvalue weighted by molar-refractivity contribution is 6.32. The topological polar surface area (TPSA) is 79.7 Å². The van der Waals surface area contributed by atoms with Crippen LogP contribution in [-0.2, 0) is 13.0 Å². The molecule has 7 nitrogen and oxygen atoms in total. The molecule has 0 saturated heterocycles. The highest BCUT2D eigenvalue weighted by atomic mass is 35.5. The molecule has 0 spiro atoms. The Kier molecular flexibility index (Phi) is 4.43. The first-order chi connectivity index (χ1) is 13.0. The van der Waals surface area contributed by atoms with Gasteiger partial charge in [0.15, 0.2) is 0 Å². The molecule has 0 fully saturated rings. The van der Waals surface area contributed by atoms with Crippen LogP contribution in [0.3, 0.4) is 0 Å².